The van der Waals surface area contributed by atoms with Crippen LogP contribution in [0, 0.1) is 0 Å². The summed E-state index contributed by atoms with van der Waals surface area (Å²) in [6.45, 7) is 2.62. The molecule has 0 saturated heterocycles. The number of para-hydroxylation sites is 1. The minimum Gasteiger partial charge on any atom is -0.371 e. The fraction of sp³-hybridized carbons (Fsp3) is 0.333. The van der Waals surface area contributed by atoms with E-state index in [1.807, 2.05) is 12.1 Å². The highest BCUT2D eigenvalue weighted by Gasteiger charge is 2.18. The summed E-state index contributed by atoms with van der Waals surface area (Å²) < 4.78 is 0. The van der Waals surface area contributed by atoms with E-state index in [0.717, 1.165) is 42.3 Å². The van der Waals surface area contributed by atoms with Gasteiger partial charge in [0.2, 0.25) is 5.91 Å². The molecular formula is C21H23N3O2S. The highest BCUT2D eigenvalue weighted by Crippen LogP contribution is 2.31. The third kappa shape index (κ3) is 4.11. The lowest BCUT2D eigenvalue weighted by atomic mass is 10.1. The Bertz CT molecular complexity index is 868. The topological polar surface area (TPSA) is 61.4 Å². The van der Waals surface area contributed by atoms with E-state index >= 15 is 0 Å². The number of carbonyl (C=O) groups excluding carboxylic acids is 2. The van der Waals surface area contributed by atoms with Crippen molar-refractivity contribution in [1.82, 2.24) is 5.32 Å². The Morgan fingerprint density at radius 1 is 1.19 bits per heavy atom. The number of carbonyl (C=O) groups is 2. The Kier molecular flexibility index (Phi) is 5.34. The molecule has 0 radical (unpaired) electrons. The summed E-state index contributed by atoms with van der Waals surface area (Å²) in [7, 11) is 0. The second-order valence-corrected chi connectivity index (χ2v) is 7.97. The van der Waals surface area contributed by atoms with Gasteiger partial charge in [-0.25, -0.2) is 0 Å². The fourth-order valence-electron chi connectivity index (χ4n) is 3.57. The van der Waals surface area contributed by atoms with Gasteiger partial charge in [-0.1, -0.05) is 18.2 Å². The van der Waals surface area contributed by atoms with Crippen LogP contribution in [0.2, 0.25) is 0 Å². The van der Waals surface area contributed by atoms with Crippen molar-refractivity contribution in [2.45, 2.75) is 24.2 Å². The molecule has 2 aliphatic heterocycles. The second-order valence-electron chi connectivity index (χ2n) is 6.83. The molecule has 0 unspecified atom stereocenters. The predicted octanol–water partition coefficient (Wildman–Crippen LogP) is 3.30. The number of thioether (sulfide) groups is 1. The number of nitrogens with zero attached hydrogens (tertiary/aromatic N) is 1. The molecule has 0 aliphatic carbocycles. The molecule has 2 amide bonds. The van der Waals surface area contributed by atoms with Crippen molar-refractivity contribution in [2.75, 3.05) is 35.6 Å². The van der Waals surface area contributed by atoms with Gasteiger partial charge < -0.3 is 15.5 Å². The average Bonchev–Trinajstić information content (AvgIpc) is 2.99. The number of anilines is 2. The van der Waals surface area contributed by atoms with Gasteiger partial charge in [0.15, 0.2) is 0 Å². The maximum atomic E-state index is 12.4. The Balaban J connectivity index is 1.29. The van der Waals surface area contributed by atoms with Gasteiger partial charge in [0.1, 0.15) is 0 Å². The summed E-state index contributed by atoms with van der Waals surface area (Å²) in [5, 5.41) is 5.88. The van der Waals surface area contributed by atoms with E-state index in [1.165, 1.54) is 11.3 Å². The largest absolute Gasteiger partial charge is 0.371 e. The van der Waals surface area contributed by atoms with Gasteiger partial charge in [0.25, 0.3) is 5.91 Å². The van der Waals surface area contributed by atoms with Gasteiger partial charge in [-0.2, -0.15) is 0 Å². The molecule has 2 heterocycles. The summed E-state index contributed by atoms with van der Waals surface area (Å²) in [5.41, 5.74) is 4.06. The van der Waals surface area contributed by atoms with Crippen LogP contribution in [0.1, 0.15) is 28.8 Å². The summed E-state index contributed by atoms with van der Waals surface area (Å²) in [4.78, 5) is 27.6. The predicted molar refractivity (Wildman–Crippen MR) is 110 cm³/mol. The van der Waals surface area contributed by atoms with E-state index in [1.54, 1.807) is 17.8 Å². The molecule has 5 nitrogen and oxygen atoms in total. The van der Waals surface area contributed by atoms with Crippen LogP contribution < -0.4 is 15.5 Å². The highest BCUT2D eigenvalue weighted by molar-refractivity contribution is 7.99. The SMILES string of the molecule is O=C1CCSc2ccc(C(=O)NCCCN3CCc4ccccc43)cc2N1. The second kappa shape index (κ2) is 8.05. The van der Waals surface area contributed by atoms with Crippen LogP contribution in [0.4, 0.5) is 11.4 Å². The maximum absolute atomic E-state index is 12.4. The molecular weight excluding hydrogens is 358 g/mol. The van der Waals surface area contributed by atoms with E-state index in [9.17, 15) is 9.59 Å². The van der Waals surface area contributed by atoms with Crippen molar-refractivity contribution in [3.63, 3.8) is 0 Å². The lowest BCUT2D eigenvalue weighted by Gasteiger charge is -2.19. The molecule has 0 spiro atoms. The molecule has 4 rings (SSSR count). The van der Waals surface area contributed by atoms with Gasteiger partial charge >= 0.3 is 0 Å². The van der Waals surface area contributed by atoms with E-state index in [4.69, 9.17) is 0 Å². The third-order valence-electron chi connectivity index (χ3n) is 4.98. The molecule has 27 heavy (non-hydrogen) atoms. The number of fused-ring (bicyclic) bond motifs is 2. The summed E-state index contributed by atoms with van der Waals surface area (Å²) in [6.07, 6.45) is 2.50. The lowest BCUT2D eigenvalue weighted by molar-refractivity contribution is -0.115. The molecule has 6 heteroatoms. The van der Waals surface area contributed by atoms with Crippen molar-refractivity contribution >= 4 is 35.0 Å². The monoisotopic (exact) mass is 381 g/mol. The molecule has 2 aliphatic rings. The molecule has 0 bridgehead atoms. The van der Waals surface area contributed by atoms with Gasteiger partial charge in [0, 0.05) is 48.0 Å². The Labute approximate surface area is 163 Å². The normalized spacial score (nSPS) is 15.6. The first-order valence-electron chi connectivity index (χ1n) is 9.38. The summed E-state index contributed by atoms with van der Waals surface area (Å²) in [6, 6.07) is 14.0. The molecule has 0 fully saturated rings. The van der Waals surface area contributed by atoms with Crippen LogP contribution in [-0.2, 0) is 11.2 Å². The standard InChI is InChI=1S/C21H23N3O2S/c25-20-9-13-27-19-7-6-16(14-17(19)23-20)21(26)22-10-3-11-24-12-8-15-4-1-2-5-18(15)24/h1-2,4-7,14H,3,8-13H2,(H,22,26)(H,23,25). The molecule has 140 valence electrons. The number of nitrogens with one attached hydrogen (secondary N) is 2. The zero-order valence-corrected chi connectivity index (χ0v) is 16.0. The summed E-state index contributed by atoms with van der Waals surface area (Å²) in [5.74, 6) is 0.678. The highest BCUT2D eigenvalue weighted by atomic mass is 32.2. The first kappa shape index (κ1) is 17.9. The van der Waals surface area contributed by atoms with Gasteiger partial charge in [-0.3, -0.25) is 9.59 Å². The van der Waals surface area contributed by atoms with Crippen LogP contribution >= 0.6 is 11.8 Å². The third-order valence-corrected chi connectivity index (χ3v) is 6.05. The van der Waals surface area contributed by atoms with Gasteiger partial charge in [0.05, 0.1) is 5.69 Å². The fourth-order valence-corrected chi connectivity index (χ4v) is 4.51. The van der Waals surface area contributed by atoms with Gasteiger partial charge in [-0.05, 0) is 42.7 Å². The smallest absolute Gasteiger partial charge is 0.251 e. The Morgan fingerprint density at radius 2 is 2.07 bits per heavy atom. The number of amides is 2. The molecule has 0 saturated carbocycles. The van der Waals surface area contributed by atoms with Crippen molar-refractivity contribution in [3.05, 3.63) is 53.6 Å². The summed E-state index contributed by atoms with van der Waals surface area (Å²) >= 11 is 1.64. The number of hydrogen-bond acceptors (Lipinski definition) is 4. The van der Waals surface area contributed by atoms with Crippen molar-refractivity contribution in [1.29, 1.82) is 0 Å². The van der Waals surface area contributed by atoms with Crippen LogP contribution in [-0.4, -0.2) is 37.2 Å². The quantitative estimate of drug-likeness (QED) is 0.780. The lowest BCUT2D eigenvalue weighted by Crippen LogP contribution is -2.29. The van der Waals surface area contributed by atoms with Gasteiger partial charge in [-0.15, -0.1) is 11.8 Å². The van der Waals surface area contributed by atoms with Crippen molar-refractivity contribution in [3.8, 4) is 0 Å². The Hall–Kier alpha value is -2.47. The number of rotatable bonds is 5. The minimum absolute atomic E-state index is 0.00435. The van der Waals surface area contributed by atoms with Crippen molar-refractivity contribution in [2.24, 2.45) is 0 Å². The zero-order chi connectivity index (χ0) is 18.6. The Morgan fingerprint density at radius 3 is 3.00 bits per heavy atom. The van der Waals surface area contributed by atoms with Crippen LogP contribution in [0.5, 0.6) is 0 Å². The molecule has 2 aromatic rings. The van der Waals surface area contributed by atoms with E-state index in [-0.39, 0.29) is 11.8 Å². The van der Waals surface area contributed by atoms with Crippen molar-refractivity contribution < 1.29 is 9.59 Å². The average molecular weight is 382 g/mol. The minimum atomic E-state index is -0.0943. The van der Waals surface area contributed by atoms with E-state index < -0.39 is 0 Å². The zero-order valence-electron chi connectivity index (χ0n) is 15.2. The van der Waals surface area contributed by atoms with Crippen LogP contribution in [0.15, 0.2) is 47.4 Å². The number of benzene rings is 2. The molecule has 0 aromatic heterocycles. The van der Waals surface area contributed by atoms with Crippen LogP contribution in [0.3, 0.4) is 0 Å². The van der Waals surface area contributed by atoms with Crippen LogP contribution in [0.25, 0.3) is 0 Å². The maximum Gasteiger partial charge on any atom is 0.251 e. The molecule has 0 atom stereocenters. The first-order chi connectivity index (χ1) is 13.2. The number of hydrogen-bond donors (Lipinski definition) is 2. The first-order valence-corrected chi connectivity index (χ1v) is 10.4. The molecule has 2 N–H and O–H groups in total. The van der Waals surface area contributed by atoms with E-state index in [2.05, 4.69) is 39.8 Å². The van der Waals surface area contributed by atoms with E-state index in [0.29, 0.717) is 18.5 Å². The molecule has 2 aromatic carbocycles.